The van der Waals surface area contributed by atoms with Gasteiger partial charge in [-0.2, -0.15) is 0 Å². The highest BCUT2D eigenvalue weighted by Gasteiger charge is 2.16. The minimum atomic E-state index is -0.180. The Morgan fingerprint density at radius 1 is 1.23 bits per heavy atom. The average Bonchev–Trinajstić information content (AvgIpc) is 2.69. The first-order valence-corrected chi connectivity index (χ1v) is 8.06. The van der Waals surface area contributed by atoms with Crippen LogP contribution in [0.3, 0.4) is 0 Å². The van der Waals surface area contributed by atoms with Crippen LogP contribution in [0.5, 0.6) is 0 Å². The molecule has 0 saturated heterocycles. The van der Waals surface area contributed by atoms with Crippen molar-refractivity contribution in [3.8, 4) is 0 Å². The van der Waals surface area contributed by atoms with Crippen molar-refractivity contribution in [2.24, 2.45) is 0 Å². The fourth-order valence-corrected chi connectivity index (χ4v) is 3.21. The number of amides is 2. The number of para-hydroxylation sites is 1. The third-order valence-corrected chi connectivity index (χ3v) is 4.57. The molecule has 2 amide bonds. The summed E-state index contributed by atoms with van der Waals surface area (Å²) >= 11 is 1.63. The van der Waals surface area contributed by atoms with E-state index in [1.807, 2.05) is 37.3 Å². The van der Waals surface area contributed by atoms with Crippen LogP contribution >= 0.6 is 11.8 Å². The standard InChI is InChI=1S/C17H16N2O2S/c1-11-4-2-3-5-13(11)19-17(21)12-6-7-15-14(10-12)18-16(20)8-9-22-15/h2-7,10H,8-9H2,1H3,(H,18,20)(H,19,21). The molecular weight excluding hydrogens is 296 g/mol. The van der Waals surface area contributed by atoms with Crippen LogP contribution in [-0.4, -0.2) is 17.6 Å². The van der Waals surface area contributed by atoms with Crippen LogP contribution in [0.15, 0.2) is 47.4 Å². The van der Waals surface area contributed by atoms with E-state index in [0.717, 1.165) is 21.9 Å². The zero-order valence-electron chi connectivity index (χ0n) is 12.2. The summed E-state index contributed by atoms with van der Waals surface area (Å²) in [5.41, 5.74) is 3.05. The van der Waals surface area contributed by atoms with Crippen LogP contribution in [0.4, 0.5) is 11.4 Å². The smallest absolute Gasteiger partial charge is 0.255 e. The minimum absolute atomic E-state index is 0.0114. The van der Waals surface area contributed by atoms with Crippen molar-refractivity contribution in [2.75, 3.05) is 16.4 Å². The lowest BCUT2D eigenvalue weighted by atomic mass is 10.1. The summed E-state index contributed by atoms with van der Waals surface area (Å²) in [6.45, 7) is 1.95. The molecule has 4 nitrogen and oxygen atoms in total. The summed E-state index contributed by atoms with van der Waals surface area (Å²) in [6.07, 6.45) is 0.490. The predicted octanol–water partition coefficient (Wildman–Crippen LogP) is 3.68. The van der Waals surface area contributed by atoms with Gasteiger partial charge in [-0.25, -0.2) is 0 Å². The van der Waals surface area contributed by atoms with Crippen LogP contribution in [-0.2, 0) is 4.79 Å². The van der Waals surface area contributed by atoms with Crippen molar-refractivity contribution in [2.45, 2.75) is 18.2 Å². The molecular formula is C17H16N2O2S. The fraction of sp³-hybridized carbons (Fsp3) is 0.176. The molecule has 2 aromatic carbocycles. The second kappa shape index (κ2) is 6.23. The van der Waals surface area contributed by atoms with Crippen LogP contribution in [0, 0.1) is 6.92 Å². The van der Waals surface area contributed by atoms with E-state index in [9.17, 15) is 9.59 Å². The molecule has 22 heavy (non-hydrogen) atoms. The topological polar surface area (TPSA) is 58.2 Å². The second-order valence-electron chi connectivity index (χ2n) is 5.13. The second-order valence-corrected chi connectivity index (χ2v) is 6.26. The third-order valence-electron chi connectivity index (χ3n) is 3.50. The average molecular weight is 312 g/mol. The summed E-state index contributed by atoms with van der Waals surface area (Å²) in [6, 6.07) is 13.0. The molecule has 1 aliphatic heterocycles. The Bertz CT molecular complexity index is 743. The fourth-order valence-electron chi connectivity index (χ4n) is 2.27. The van der Waals surface area contributed by atoms with Crippen LogP contribution in [0.1, 0.15) is 22.3 Å². The van der Waals surface area contributed by atoms with Crippen molar-refractivity contribution in [1.82, 2.24) is 0 Å². The Labute approximate surface area is 133 Å². The highest BCUT2D eigenvalue weighted by molar-refractivity contribution is 7.99. The number of carbonyl (C=O) groups is 2. The molecule has 0 aromatic heterocycles. The van der Waals surface area contributed by atoms with E-state index in [1.54, 1.807) is 23.9 Å². The lowest BCUT2D eigenvalue weighted by molar-refractivity contribution is -0.115. The Morgan fingerprint density at radius 3 is 2.86 bits per heavy atom. The van der Waals surface area contributed by atoms with E-state index in [2.05, 4.69) is 10.6 Å². The van der Waals surface area contributed by atoms with Gasteiger partial charge in [-0.1, -0.05) is 18.2 Å². The largest absolute Gasteiger partial charge is 0.325 e. The van der Waals surface area contributed by atoms with Crippen molar-refractivity contribution >= 4 is 35.0 Å². The molecule has 0 aliphatic carbocycles. The van der Waals surface area contributed by atoms with Gasteiger partial charge >= 0.3 is 0 Å². The van der Waals surface area contributed by atoms with Gasteiger partial charge in [-0.05, 0) is 36.8 Å². The van der Waals surface area contributed by atoms with E-state index in [-0.39, 0.29) is 11.8 Å². The lowest BCUT2D eigenvalue weighted by Crippen LogP contribution is -2.14. The normalized spacial score (nSPS) is 13.8. The van der Waals surface area contributed by atoms with Gasteiger partial charge in [0.25, 0.3) is 5.91 Å². The number of carbonyl (C=O) groups excluding carboxylic acids is 2. The number of fused-ring (bicyclic) bond motifs is 1. The molecule has 0 spiro atoms. The summed E-state index contributed by atoms with van der Waals surface area (Å²) in [7, 11) is 0. The van der Waals surface area contributed by atoms with E-state index >= 15 is 0 Å². The van der Waals surface area contributed by atoms with Crippen molar-refractivity contribution < 1.29 is 9.59 Å². The maximum Gasteiger partial charge on any atom is 0.255 e. The number of hydrogen-bond donors (Lipinski definition) is 2. The van der Waals surface area contributed by atoms with Crippen molar-refractivity contribution in [3.05, 3.63) is 53.6 Å². The molecule has 0 saturated carbocycles. The lowest BCUT2D eigenvalue weighted by Gasteiger charge is -2.11. The van der Waals surface area contributed by atoms with Gasteiger partial charge in [-0.3, -0.25) is 9.59 Å². The highest BCUT2D eigenvalue weighted by Crippen LogP contribution is 2.31. The summed E-state index contributed by atoms with van der Waals surface area (Å²) < 4.78 is 0. The molecule has 1 heterocycles. The van der Waals surface area contributed by atoms with Crippen LogP contribution in [0.2, 0.25) is 0 Å². The maximum atomic E-state index is 12.4. The number of thioether (sulfide) groups is 1. The van der Waals surface area contributed by atoms with Gasteiger partial charge in [0, 0.05) is 28.3 Å². The van der Waals surface area contributed by atoms with Gasteiger partial charge in [0.05, 0.1) is 5.69 Å². The van der Waals surface area contributed by atoms with E-state index in [0.29, 0.717) is 17.7 Å². The quantitative estimate of drug-likeness (QED) is 0.889. The Kier molecular flexibility index (Phi) is 4.15. The molecule has 2 aromatic rings. The zero-order chi connectivity index (χ0) is 15.5. The number of rotatable bonds is 2. The molecule has 5 heteroatoms. The van der Waals surface area contributed by atoms with Gasteiger partial charge < -0.3 is 10.6 Å². The van der Waals surface area contributed by atoms with Crippen molar-refractivity contribution in [3.63, 3.8) is 0 Å². The summed E-state index contributed by atoms with van der Waals surface area (Å²) in [5.74, 6) is 0.566. The Balaban J connectivity index is 1.84. The summed E-state index contributed by atoms with van der Waals surface area (Å²) in [5, 5.41) is 5.75. The molecule has 2 N–H and O–H groups in total. The maximum absolute atomic E-state index is 12.4. The van der Waals surface area contributed by atoms with E-state index < -0.39 is 0 Å². The molecule has 0 bridgehead atoms. The van der Waals surface area contributed by atoms with Gasteiger partial charge in [-0.15, -0.1) is 11.8 Å². The SMILES string of the molecule is Cc1ccccc1NC(=O)c1ccc2c(c1)NC(=O)CCS2. The number of benzene rings is 2. The van der Waals surface area contributed by atoms with Crippen molar-refractivity contribution in [1.29, 1.82) is 0 Å². The molecule has 0 unspecified atom stereocenters. The first-order chi connectivity index (χ1) is 10.6. The predicted molar refractivity (Wildman–Crippen MR) is 89.5 cm³/mol. The Morgan fingerprint density at radius 2 is 2.05 bits per heavy atom. The van der Waals surface area contributed by atoms with E-state index in [1.165, 1.54) is 0 Å². The molecule has 0 atom stereocenters. The Hall–Kier alpha value is -2.27. The number of hydrogen-bond acceptors (Lipinski definition) is 3. The monoisotopic (exact) mass is 312 g/mol. The molecule has 3 rings (SSSR count). The molecule has 112 valence electrons. The van der Waals surface area contributed by atoms with Crippen LogP contribution in [0.25, 0.3) is 0 Å². The number of aryl methyl sites for hydroxylation is 1. The summed E-state index contributed by atoms with van der Waals surface area (Å²) in [4.78, 5) is 25.0. The first-order valence-electron chi connectivity index (χ1n) is 7.07. The van der Waals surface area contributed by atoms with Gasteiger partial charge in [0.2, 0.25) is 5.91 Å². The third kappa shape index (κ3) is 3.14. The highest BCUT2D eigenvalue weighted by atomic mass is 32.2. The minimum Gasteiger partial charge on any atom is -0.325 e. The number of nitrogens with one attached hydrogen (secondary N) is 2. The number of anilines is 2. The first kappa shape index (κ1) is 14.7. The molecule has 0 radical (unpaired) electrons. The molecule has 1 aliphatic rings. The van der Waals surface area contributed by atoms with Crippen LogP contribution < -0.4 is 10.6 Å². The molecule has 0 fully saturated rings. The van der Waals surface area contributed by atoms with Gasteiger partial charge in [0.1, 0.15) is 0 Å². The van der Waals surface area contributed by atoms with Gasteiger partial charge in [0.15, 0.2) is 0 Å². The van der Waals surface area contributed by atoms with E-state index in [4.69, 9.17) is 0 Å². The zero-order valence-corrected chi connectivity index (χ0v) is 13.0.